The number of anilines is 1. The molecule has 0 saturated carbocycles. The van der Waals surface area contributed by atoms with Gasteiger partial charge in [-0.05, 0) is 79.8 Å². The summed E-state index contributed by atoms with van der Waals surface area (Å²) in [7, 11) is 0. The molecular weight excluding hydrogens is 404 g/mol. The molecular formula is C25H22N4OS. The Labute approximate surface area is 186 Å². The Balaban J connectivity index is 1.66. The van der Waals surface area contributed by atoms with Crippen LogP contribution in [0.25, 0.3) is 5.69 Å². The molecule has 0 spiro atoms. The summed E-state index contributed by atoms with van der Waals surface area (Å²) in [5, 5.41) is 13.9. The zero-order valence-corrected chi connectivity index (χ0v) is 17.8. The Hall–Kier alpha value is -3.64. The van der Waals surface area contributed by atoms with Crippen LogP contribution in [0.4, 0.5) is 5.69 Å². The van der Waals surface area contributed by atoms with Gasteiger partial charge >= 0.3 is 0 Å². The number of aromatic hydroxyl groups is 1. The first-order valence-corrected chi connectivity index (χ1v) is 10.6. The second-order valence-corrected chi connectivity index (χ2v) is 8.04. The van der Waals surface area contributed by atoms with Gasteiger partial charge in [0, 0.05) is 29.5 Å². The van der Waals surface area contributed by atoms with Crippen molar-refractivity contribution in [2.45, 2.75) is 19.0 Å². The van der Waals surface area contributed by atoms with Crippen molar-refractivity contribution in [2.24, 2.45) is 0 Å². The minimum Gasteiger partial charge on any atom is -0.508 e. The number of nitrogens with one attached hydrogen (secondary N) is 1. The second kappa shape index (κ2) is 7.89. The maximum atomic E-state index is 9.72. The van der Waals surface area contributed by atoms with E-state index in [-0.39, 0.29) is 17.8 Å². The van der Waals surface area contributed by atoms with E-state index in [0.717, 1.165) is 22.8 Å². The van der Waals surface area contributed by atoms with Crippen LogP contribution in [0, 0.1) is 6.92 Å². The lowest BCUT2D eigenvalue weighted by Crippen LogP contribution is -2.30. The highest BCUT2D eigenvalue weighted by Gasteiger charge is 2.42. The van der Waals surface area contributed by atoms with Crippen LogP contribution in [0.5, 0.6) is 5.75 Å². The van der Waals surface area contributed by atoms with E-state index in [0.29, 0.717) is 5.11 Å². The summed E-state index contributed by atoms with van der Waals surface area (Å²) in [6, 6.07) is 25.5. The summed E-state index contributed by atoms with van der Waals surface area (Å²) in [6.07, 6.45) is 3.84. The van der Waals surface area contributed by atoms with Gasteiger partial charge in [0.15, 0.2) is 5.11 Å². The monoisotopic (exact) mass is 426 g/mol. The molecule has 31 heavy (non-hydrogen) atoms. The van der Waals surface area contributed by atoms with E-state index in [4.69, 9.17) is 12.2 Å². The van der Waals surface area contributed by atoms with Crippen LogP contribution in [-0.4, -0.2) is 19.8 Å². The highest BCUT2D eigenvalue weighted by atomic mass is 32.1. The van der Waals surface area contributed by atoms with Crippen molar-refractivity contribution < 1.29 is 5.11 Å². The Morgan fingerprint density at radius 2 is 1.65 bits per heavy atom. The van der Waals surface area contributed by atoms with Gasteiger partial charge in [-0.2, -0.15) is 0 Å². The van der Waals surface area contributed by atoms with Crippen molar-refractivity contribution in [1.29, 1.82) is 0 Å². The normalized spacial score (nSPS) is 18.2. The summed E-state index contributed by atoms with van der Waals surface area (Å²) in [5.41, 5.74) is 5.22. The molecule has 3 heterocycles. The van der Waals surface area contributed by atoms with Gasteiger partial charge in [0.2, 0.25) is 0 Å². The first-order chi connectivity index (χ1) is 15.1. The molecule has 4 aromatic rings. The third-order valence-electron chi connectivity index (χ3n) is 5.62. The molecule has 1 aliphatic heterocycles. The number of aryl methyl sites for hydroxylation is 1. The van der Waals surface area contributed by atoms with Crippen LogP contribution in [-0.2, 0) is 0 Å². The van der Waals surface area contributed by atoms with Gasteiger partial charge in [-0.3, -0.25) is 4.98 Å². The summed E-state index contributed by atoms with van der Waals surface area (Å²) in [6.45, 7) is 2.08. The summed E-state index contributed by atoms with van der Waals surface area (Å²) < 4.78 is 2.14. The summed E-state index contributed by atoms with van der Waals surface area (Å²) in [4.78, 5) is 6.79. The number of hydrogen-bond donors (Lipinski definition) is 2. The van der Waals surface area contributed by atoms with Gasteiger partial charge in [0.1, 0.15) is 11.8 Å². The second-order valence-electron chi connectivity index (χ2n) is 7.65. The number of nitrogens with zero attached hydrogens (tertiary/aromatic N) is 3. The fraction of sp³-hybridized carbons (Fsp3) is 0.120. The van der Waals surface area contributed by atoms with Crippen LogP contribution in [0.3, 0.4) is 0 Å². The van der Waals surface area contributed by atoms with Crippen molar-refractivity contribution in [1.82, 2.24) is 14.9 Å². The molecule has 0 aliphatic carbocycles. The Kier molecular flexibility index (Phi) is 4.92. The molecule has 5 nitrogen and oxygen atoms in total. The minimum atomic E-state index is -0.110. The van der Waals surface area contributed by atoms with Crippen molar-refractivity contribution >= 4 is 23.0 Å². The molecule has 1 fully saturated rings. The number of pyridine rings is 1. The molecule has 154 valence electrons. The molecule has 1 aliphatic rings. The maximum absolute atomic E-state index is 9.72. The lowest BCUT2D eigenvalue weighted by molar-refractivity contribution is 0.475. The number of aromatic nitrogens is 2. The van der Waals surface area contributed by atoms with E-state index in [1.807, 2.05) is 48.8 Å². The molecule has 5 rings (SSSR count). The molecule has 2 aromatic carbocycles. The van der Waals surface area contributed by atoms with Gasteiger partial charge < -0.3 is 19.9 Å². The van der Waals surface area contributed by atoms with Gasteiger partial charge in [0.05, 0.1) is 11.7 Å². The quantitative estimate of drug-likeness (QED) is 0.447. The first kappa shape index (κ1) is 19.3. The van der Waals surface area contributed by atoms with E-state index >= 15 is 0 Å². The summed E-state index contributed by atoms with van der Waals surface area (Å²) in [5.74, 6) is 0.244. The molecule has 0 bridgehead atoms. The number of rotatable bonds is 4. The Morgan fingerprint density at radius 1 is 0.903 bits per heavy atom. The zero-order chi connectivity index (χ0) is 21.4. The molecule has 2 aromatic heterocycles. The number of hydrogen-bond acceptors (Lipinski definition) is 3. The first-order valence-electron chi connectivity index (χ1n) is 10.2. The third kappa shape index (κ3) is 3.55. The SMILES string of the molecule is Cc1ccc(N2C(=S)N[C@@H](c3ccccn3)[C@@H]2c2cccn2-c2ccc(O)cc2)cc1. The smallest absolute Gasteiger partial charge is 0.174 e. The van der Waals surface area contributed by atoms with E-state index in [1.54, 1.807) is 12.1 Å². The number of phenolic OH excluding ortho intramolecular Hbond substituents is 1. The zero-order valence-electron chi connectivity index (χ0n) is 17.0. The number of benzene rings is 2. The lowest BCUT2D eigenvalue weighted by Gasteiger charge is -2.29. The van der Waals surface area contributed by atoms with Crippen LogP contribution < -0.4 is 10.2 Å². The number of thiocarbonyl (C=S) groups is 1. The van der Waals surface area contributed by atoms with E-state index in [9.17, 15) is 5.11 Å². The van der Waals surface area contributed by atoms with E-state index in [2.05, 4.69) is 57.0 Å². The Morgan fingerprint density at radius 3 is 2.35 bits per heavy atom. The average Bonchev–Trinajstić information content (AvgIpc) is 3.40. The van der Waals surface area contributed by atoms with Gasteiger partial charge in [-0.15, -0.1) is 0 Å². The predicted molar refractivity (Wildman–Crippen MR) is 127 cm³/mol. The largest absolute Gasteiger partial charge is 0.508 e. The average molecular weight is 427 g/mol. The van der Waals surface area contributed by atoms with Crippen molar-refractivity contribution in [3.8, 4) is 11.4 Å². The van der Waals surface area contributed by atoms with Gasteiger partial charge in [-0.25, -0.2) is 0 Å². The molecule has 1 saturated heterocycles. The van der Waals surface area contributed by atoms with Gasteiger partial charge in [0.25, 0.3) is 0 Å². The number of phenols is 1. The van der Waals surface area contributed by atoms with Crippen LogP contribution in [0.2, 0.25) is 0 Å². The van der Waals surface area contributed by atoms with E-state index in [1.165, 1.54) is 5.56 Å². The van der Waals surface area contributed by atoms with E-state index < -0.39 is 0 Å². The minimum absolute atomic E-state index is 0.103. The maximum Gasteiger partial charge on any atom is 0.174 e. The topological polar surface area (TPSA) is 53.3 Å². The van der Waals surface area contributed by atoms with Gasteiger partial charge in [-0.1, -0.05) is 23.8 Å². The van der Waals surface area contributed by atoms with Crippen LogP contribution in [0.15, 0.2) is 91.3 Å². The molecule has 0 unspecified atom stereocenters. The lowest BCUT2D eigenvalue weighted by atomic mass is 10.0. The molecule has 6 heteroatoms. The highest BCUT2D eigenvalue weighted by molar-refractivity contribution is 7.80. The van der Waals surface area contributed by atoms with Crippen molar-refractivity contribution in [3.63, 3.8) is 0 Å². The third-order valence-corrected chi connectivity index (χ3v) is 5.94. The fourth-order valence-corrected chi connectivity index (χ4v) is 4.47. The summed E-state index contributed by atoms with van der Waals surface area (Å²) >= 11 is 5.81. The highest BCUT2D eigenvalue weighted by Crippen LogP contribution is 2.42. The predicted octanol–water partition coefficient (Wildman–Crippen LogP) is 5.06. The van der Waals surface area contributed by atoms with Crippen molar-refractivity contribution in [3.05, 3.63) is 108 Å². The molecule has 2 atom stereocenters. The van der Waals surface area contributed by atoms with Crippen LogP contribution >= 0.6 is 12.2 Å². The fourth-order valence-electron chi connectivity index (χ4n) is 4.12. The van der Waals surface area contributed by atoms with Crippen LogP contribution in [0.1, 0.15) is 29.0 Å². The molecule has 0 radical (unpaired) electrons. The standard InChI is InChI=1S/C25H22N4OS/c1-17-7-9-19(10-8-17)29-24(23(27-25(29)31)21-5-2-3-15-26-21)22-6-4-16-28(22)18-11-13-20(30)14-12-18/h2-16,23-24,30H,1H3,(H,27,31)/t23-,24-/m0/s1. The Bertz CT molecular complexity index is 1200. The molecule has 2 N–H and O–H groups in total. The van der Waals surface area contributed by atoms with Crippen molar-refractivity contribution in [2.75, 3.05) is 4.90 Å². The molecule has 0 amide bonds.